The van der Waals surface area contributed by atoms with Gasteiger partial charge in [0, 0.05) is 38.3 Å². The zero-order chi connectivity index (χ0) is 11.5. The highest BCUT2D eigenvalue weighted by atomic mass is 35.5. The second-order valence-electron chi connectivity index (χ2n) is 4.06. The number of hydrogen-bond donors (Lipinski definition) is 1. The molecule has 1 fully saturated rings. The fraction of sp³-hybridized carbons (Fsp3) is 0.600. The molecule has 1 atom stereocenters. The number of rotatable bonds is 3. The van der Waals surface area contributed by atoms with Gasteiger partial charge < -0.3 is 10.6 Å². The third kappa shape index (κ3) is 2.74. The molecule has 0 unspecified atom stereocenters. The Labute approximate surface area is 99.2 Å². The number of nitrogens with two attached hydrogens (primary N) is 1. The van der Waals surface area contributed by atoms with E-state index in [-0.39, 0.29) is 11.9 Å². The van der Waals surface area contributed by atoms with E-state index in [9.17, 15) is 4.79 Å². The number of carbonyl (C=O) groups excluding carboxylic acids is 1. The first-order chi connectivity index (χ1) is 7.65. The van der Waals surface area contributed by atoms with Crippen molar-refractivity contribution in [3.05, 3.63) is 17.4 Å². The van der Waals surface area contributed by atoms with Gasteiger partial charge in [0.05, 0.1) is 11.2 Å². The summed E-state index contributed by atoms with van der Waals surface area (Å²) in [6.07, 6.45) is 4.63. The van der Waals surface area contributed by atoms with Crippen molar-refractivity contribution in [2.75, 3.05) is 13.1 Å². The molecular formula is C10H15ClN4O. The second kappa shape index (κ2) is 4.84. The van der Waals surface area contributed by atoms with Crippen molar-refractivity contribution >= 4 is 17.5 Å². The Morgan fingerprint density at radius 2 is 2.50 bits per heavy atom. The number of amides is 1. The zero-order valence-electron chi connectivity index (χ0n) is 8.97. The molecule has 2 N–H and O–H groups in total. The van der Waals surface area contributed by atoms with Crippen molar-refractivity contribution in [3.8, 4) is 0 Å². The molecule has 0 bridgehead atoms. The van der Waals surface area contributed by atoms with E-state index in [1.165, 1.54) is 0 Å². The van der Waals surface area contributed by atoms with Gasteiger partial charge in [-0.25, -0.2) is 0 Å². The van der Waals surface area contributed by atoms with Crippen LogP contribution in [-0.2, 0) is 11.3 Å². The molecule has 0 aromatic carbocycles. The maximum absolute atomic E-state index is 11.8. The predicted octanol–water partition coefficient (Wildman–Crippen LogP) is 0.486. The molecule has 1 aromatic heterocycles. The molecule has 16 heavy (non-hydrogen) atoms. The largest absolute Gasteiger partial charge is 0.341 e. The molecule has 0 aliphatic carbocycles. The Bertz CT molecular complexity index is 379. The molecule has 5 nitrogen and oxygen atoms in total. The monoisotopic (exact) mass is 242 g/mol. The molecule has 2 heterocycles. The summed E-state index contributed by atoms with van der Waals surface area (Å²) in [5.74, 6) is 0.138. The lowest BCUT2D eigenvalue weighted by Crippen LogP contribution is -2.32. The van der Waals surface area contributed by atoms with Gasteiger partial charge in [-0.3, -0.25) is 9.48 Å². The number of hydrogen-bond acceptors (Lipinski definition) is 3. The van der Waals surface area contributed by atoms with Crippen LogP contribution in [0.25, 0.3) is 0 Å². The summed E-state index contributed by atoms with van der Waals surface area (Å²) in [5.41, 5.74) is 5.74. The van der Waals surface area contributed by atoms with Gasteiger partial charge in [-0.15, -0.1) is 0 Å². The second-order valence-corrected chi connectivity index (χ2v) is 4.50. The molecule has 1 aliphatic heterocycles. The van der Waals surface area contributed by atoms with Gasteiger partial charge in [0.25, 0.3) is 0 Å². The quantitative estimate of drug-likeness (QED) is 0.839. The van der Waals surface area contributed by atoms with Crippen LogP contribution in [0.5, 0.6) is 0 Å². The van der Waals surface area contributed by atoms with E-state index in [0.29, 0.717) is 24.5 Å². The highest BCUT2D eigenvalue weighted by Gasteiger charge is 2.22. The number of carbonyl (C=O) groups is 1. The Morgan fingerprint density at radius 1 is 1.69 bits per heavy atom. The van der Waals surface area contributed by atoms with Crippen molar-refractivity contribution in [1.82, 2.24) is 14.7 Å². The van der Waals surface area contributed by atoms with Crippen LogP contribution in [-0.4, -0.2) is 39.7 Å². The Morgan fingerprint density at radius 3 is 3.06 bits per heavy atom. The maximum atomic E-state index is 11.8. The third-order valence-corrected chi connectivity index (χ3v) is 2.93. The lowest BCUT2D eigenvalue weighted by atomic mass is 10.3. The van der Waals surface area contributed by atoms with E-state index >= 15 is 0 Å². The Kier molecular flexibility index (Phi) is 3.46. The van der Waals surface area contributed by atoms with Crippen LogP contribution >= 0.6 is 11.6 Å². The third-order valence-electron chi connectivity index (χ3n) is 2.73. The summed E-state index contributed by atoms with van der Waals surface area (Å²) in [4.78, 5) is 13.6. The molecular weight excluding hydrogens is 228 g/mol. The minimum Gasteiger partial charge on any atom is -0.341 e. The molecule has 1 saturated heterocycles. The van der Waals surface area contributed by atoms with Gasteiger partial charge in [0.2, 0.25) is 5.91 Å². The average molecular weight is 243 g/mol. The molecule has 88 valence electrons. The summed E-state index contributed by atoms with van der Waals surface area (Å²) in [6.45, 7) is 2.02. The lowest BCUT2D eigenvalue weighted by Gasteiger charge is -2.15. The standard InChI is InChI=1S/C10H15ClN4O/c11-8-5-13-15(6-8)4-2-10(16)14-3-1-9(12)7-14/h5-6,9H,1-4,7,12H2/t9-/m0/s1. The van der Waals surface area contributed by atoms with E-state index < -0.39 is 0 Å². The van der Waals surface area contributed by atoms with Crippen molar-refractivity contribution < 1.29 is 4.79 Å². The molecule has 1 aliphatic rings. The topological polar surface area (TPSA) is 64.2 Å². The molecule has 0 saturated carbocycles. The van der Waals surface area contributed by atoms with Crippen LogP contribution in [0.15, 0.2) is 12.4 Å². The molecule has 0 spiro atoms. The van der Waals surface area contributed by atoms with Gasteiger partial charge in [0.1, 0.15) is 0 Å². The highest BCUT2D eigenvalue weighted by Crippen LogP contribution is 2.10. The van der Waals surface area contributed by atoms with Crippen LogP contribution in [0, 0.1) is 0 Å². The molecule has 1 amide bonds. The van der Waals surface area contributed by atoms with E-state index in [1.54, 1.807) is 17.1 Å². The van der Waals surface area contributed by atoms with E-state index in [2.05, 4.69) is 5.10 Å². The number of halogens is 1. The van der Waals surface area contributed by atoms with E-state index in [1.807, 2.05) is 4.90 Å². The number of nitrogens with zero attached hydrogens (tertiary/aromatic N) is 3. The molecule has 2 rings (SSSR count). The van der Waals surface area contributed by atoms with Crippen LogP contribution < -0.4 is 5.73 Å². The van der Waals surface area contributed by atoms with E-state index in [4.69, 9.17) is 17.3 Å². The first-order valence-corrected chi connectivity index (χ1v) is 5.74. The van der Waals surface area contributed by atoms with Gasteiger partial charge >= 0.3 is 0 Å². The van der Waals surface area contributed by atoms with Crippen LogP contribution in [0.2, 0.25) is 5.02 Å². The SMILES string of the molecule is N[C@H]1CCN(C(=O)CCn2cc(Cl)cn2)C1. The fourth-order valence-electron chi connectivity index (χ4n) is 1.84. The highest BCUT2D eigenvalue weighted by molar-refractivity contribution is 6.30. The van der Waals surface area contributed by atoms with Crippen molar-refractivity contribution in [2.24, 2.45) is 5.73 Å². The molecule has 6 heteroatoms. The van der Waals surface area contributed by atoms with Gasteiger partial charge in [0.15, 0.2) is 0 Å². The number of aryl methyl sites for hydroxylation is 1. The molecule has 0 radical (unpaired) electrons. The average Bonchev–Trinajstić information content (AvgIpc) is 2.84. The first-order valence-electron chi connectivity index (χ1n) is 5.36. The summed E-state index contributed by atoms with van der Waals surface area (Å²) < 4.78 is 1.68. The minimum atomic E-state index is 0.138. The maximum Gasteiger partial charge on any atom is 0.224 e. The van der Waals surface area contributed by atoms with Crippen LogP contribution in [0.1, 0.15) is 12.8 Å². The van der Waals surface area contributed by atoms with E-state index in [0.717, 1.165) is 13.0 Å². The zero-order valence-corrected chi connectivity index (χ0v) is 9.73. The number of aromatic nitrogens is 2. The van der Waals surface area contributed by atoms with Gasteiger partial charge in [-0.1, -0.05) is 11.6 Å². The van der Waals surface area contributed by atoms with Crippen LogP contribution in [0.4, 0.5) is 0 Å². The smallest absolute Gasteiger partial charge is 0.224 e. The summed E-state index contributed by atoms with van der Waals surface area (Å²) >= 11 is 5.73. The normalized spacial score (nSPS) is 20.4. The van der Waals surface area contributed by atoms with Crippen LogP contribution in [0.3, 0.4) is 0 Å². The van der Waals surface area contributed by atoms with Crippen molar-refractivity contribution in [2.45, 2.75) is 25.4 Å². The molecule has 1 aromatic rings. The first kappa shape index (κ1) is 11.4. The number of likely N-dealkylation sites (tertiary alicyclic amines) is 1. The lowest BCUT2D eigenvalue weighted by molar-refractivity contribution is -0.130. The van der Waals surface area contributed by atoms with Gasteiger partial charge in [-0.2, -0.15) is 5.10 Å². The minimum absolute atomic E-state index is 0.138. The summed E-state index contributed by atoms with van der Waals surface area (Å²) in [5, 5.41) is 4.61. The van der Waals surface area contributed by atoms with Crippen molar-refractivity contribution in [1.29, 1.82) is 0 Å². The van der Waals surface area contributed by atoms with Gasteiger partial charge in [-0.05, 0) is 6.42 Å². The fourth-order valence-corrected chi connectivity index (χ4v) is 2.00. The Hall–Kier alpha value is -1.07. The predicted molar refractivity (Wildman–Crippen MR) is 61.0 cm³/mol. The summed E-state index contributed by atoms with van der Waals surface area (Å²) in [6, 6.07) is 0.142. The summed E-state index contributed by atoms with van der Waals surface area (Å²) in [7, 11) is 0. The Balaban J connectivity index is 1.80. The van der Waals surface area contributed by atoms with Crippen molar-refractivity contribution in [3.63, 3.8) is 0 Å².